The number of benzene rings is 2. The molecule has 0 aliphatic rings. The maximum atomic E-state index is 6.05. The predicted octanol–water partition coefficient (Wildman–Crippen LogP) is 5.46. The summed E-state index contributed by atoms with van der Waals surface area (Å²) >= 11 is 12.0. The zero-order valence-corrected chi connectivity index (χ0v) is 15.9. The van der Waals surface area contributed by atoms with Gasteiger partial charge in [0.25, 0.3) is 0 Å². The van der Waals surface area contributed by atoms with Gasteiger partial charge in [0, 0.05) is 24.0 Å². The Morgan fingerprint density at radius 2 is 1.73 bits per heavy atom. The zero-order valence-electron chi connectivity index (χ0n) is 14.4. The van der Waals surface area contributed by atoms with Crippen LogP contribution in [0, 0.1) is 6.92 Å². The summed E-state index contributed by atoms with van der Waals surface area (Å²) in [6.07, 6.45) is 0. The molecule has 3 aromatic rings. The van der Waals surface area contributed by atoms with E-state index in [0.717, 1.165) is 28.5 Å². The van der Waals surface area contributed by atoms with Gasteiger partial charge in [0.05, 0.1) is 17.2 Å². The van der Waals surface area contributed by atoms with E-state index in [2.05, 4.69) is 20.6 Å². The van der Waals surface area contributed by atoms with Gasteiger partial charge < -0.3 is 15.4 Å². The molecule has 0 spiro atoms. The van der Waals surface area contributed by atoms with Crippen molar-refractivity contribution in [1.29, 1.82) is 0 Å². The first-order chi connectivity index (χ1) is 12.5. The summed E-state index contributed by atoms with van der Waals surface area (Å²) < 4.78 is 5.17. The van der Waals surface area contributed by atoms with E-state index in [0.29, 0.717) is 22.5 Å². The summed E-state index contributed by atoms with van der Waals surface area (Å²) in [5.74, 6) is 2.05. The summed E-state index contributed by atoms with van der Waals surface area (Å²) in [6, 6.07) is 15.1. The molecule has 0 aliphatic carbocycles. The highest BCUT2D eigenvalue weighted by Crippen LogP contribution is 2.26. The second kappa shape index (κ2) is 8.25. The number of hydrogen-bond donors (Lipinski definition) is 2. The molecule has 0 amide bonds. The normalized spacial score (nSPS) is 10.5. The lowest BCUT2D eigenvalue weighted by Crippen LogP contribution is -2.05. The van der Waals surface area contributed by atoms with Crippen molar-refractivity contribution in [3.63, 3.8) is 0 Å². The number of aryl methyl sites for hydroxylation is 1. The minimum atomic E-state index is 0.474. The van der Waals surface area contributed by atoms with Crippen LogP contribution in [0.25, 0.3) is 0 Å². The van der Waals surface area contributed by atoms with Crippen LogP contribution < -0.4 is 15.4 Å². The molecule has 0 radical (unpaired) electrons. The van der Waals surface area contributed by atoms with E-state index in [4.69, 9.17) is 27.9 Å². The zero-order chi connectivity index (χ0) is 18.5. The minimum Gasteiger partial charge on any atom is -0.497 e. The lowest BCUT2D eigenvalue weighted by Gasteiger charge is -2.11. The number of rotatable bonds is 6. The van der Waals surface area contributed by atoms with Gasteiger partial charge >= 0.3 is 0 Å². The number of nitrogens with zero attached hydrogens (tertiary/aromatic N) is 2. The monoisotopic (exact) mass is 388 g/mol. The number of aromatic nitrogens is 2. The first-order valence-electron chi connectivity index (χ1n) is 7.98. The molecule has 1 heterocycles. The highest BCUT2D eigenvalue weighted by atomic mass is 35.5. The van der Waals surface area contributed by atoms with Crippen molar-refractivity contribution >= 4 is 40.7 Å². The van der Waals surface area contributed by atoms with E-state index in [1.54, 1.807) is 19.2 Å². The highest BCUT2D eigenvalue weighted by Gasteiger charge is 2.05. The van der Waals surface area contributed by atoms with Crippen molar-refractivity contribution in [2.45, 2.75) is 13.5 Å². The predicted molar refractivity (Wildman–Crippen MR) is 107 cm³/mol. The van der Waals surface area contributed by atoms with Crippen molar-refractivity contribution in [2.75, 3.05) is 17.7 Å². The van der Waals surface area contributed by atoms with Crippen molar-refractivity contribution < 1.29 is 4.74 Å². The molecule has 3 rings (SSSR count). The van der Waals surface area contributed by atoms with Crippen molar-refractivity contribution in [3.8, 4) is 5.75 Å². The molecule has 0 aliphatic heterocycles. The standard InChI is InChI=1S/C19H18Cl2N4O/c1-12-9-18(22-11-13-3-6-15(26-2)7-4-13)25-19(23-12)24-14-5-8-16(20)17(21)10-14/h3-10H,11H2,1-2H3,(H2,22,23,24,25). The van der Waals surface area contributed by atoms with Crippen molar-refractivity contribution in [2.24, 2.45) is 0 Å². The fraction of sp³-hybridized carbons (Fsp3) is 0.158. The van der Waals surface area contributed by atoms with Gasteiger partial charge in [0.15, 0.2) is 0 Å². The van der Waals surface area contributed by atoms with Crippen LogP contribution in [0.1, 0.15) is 11.3 Å². The van der Waals surface area contributed by atoms with Gasteiger partial charge in [0.1, 0.15) is 11.6 Å². The molecule has 26 heavy (non-hydrogen) atoms. The molecule has 0 saturated carbocycles. The first-order valence-corrected chi connectivity index (χ1v) is 8.73. The number of nitrogens with one attached hydrogen (secondary N) is 2. The van der Waals surface area contributed by atoms with Gasteiger partial charge in [0.2, 0.25) is 5.95 Å². The first kappa shape index (κ1) is 18.3. The molecule has 2 aromatic carbocycles. The fourth-order valence-electron chi connectivity index (χ4n) is 2.35. The van der Waals surface area contributed by atoms with Gasteiger partial charge in [-0.05, 0) is 42.8 Å². The number of halogens is 2. The molecule has 134 valence electrons. The van der Waals surface area contributed by atoms with Crippen molar-refractivity contribution in [3.05, 3.63) is 69.8 Å². The Morgan fingerprint density at radius 1 is 0.962 bits per heavy atom. The molecule has 7 heteroatoms. The number of anilines is 3. The smallest absolute Gasteiger partial charge is 0.229 e. The average Bonchev–Trinajstić information content (AvgIpc) is 2.63. The summed E-state index contributed by atoms with van der Waals surface area (Å²) in [5.41, 5.74) is 2.74. The Morgan fingerprint density at radius 3 is 2.42 bits per heavy atom. The van der Waals surface area contributed by atoms with E-state index in [-0.39, 0.29) is 0 Å². The van der Waals surface area contributed by atoms with Crippen LogP contribution in [-0.2, 0) is 6.54 Å². The molecule has 0 saturated heterocycles. The SMILES string of the molecule is COc1ccc(CNc2cc(C)nc(Nc3ccc(Cl)c(Cl)c3)n2)cc1. The van der Waals surface area contributed by atoms with Gasteiger partial charge in [-0.2, -0.15) is 4.98 Å². The summed E-state index contributed by atoms with van der Waals surface area (Å²) in [4.78, 5) is 8.90. The second-order valence-corrected chi connectivity index (χ2v) is 6.49. The fourth-order valence-corrected chi connectivity index (χ4v) is 2.65. The van der Waals surface area contributed by atoms with Crippen LogP contribution >= 0.6 is 23.2 Å². The van der Waals surface area contributed by atoms with Gasteiger partial charge in [-0.1, -0.05) is 35.3 Å². The molecule has 0 bridgehead atoms. The van der Waals surface area contributed by atoms with E-state index >= 15 is 0 Å². The lowest BCUT2D eigenvalue weighted by molar-refractivity contribution is 0.414. The number of ether oxygens (including phenoxy) is 1. The highest BCUT2D eigenvalue weighted by molar-refractivity contribution is 6.42. The molecule has 5 nitrogen and oxygen atoms in total. The quantitative estimate of drug-likeness (QED) is 0.587. The van der Waals surface area contributed by atoms with Gasteiger partial charge in [-0.25, -0.2) is 4.98 Å². The van der Waals surface area contributed by atoms with E-state index in [1.165, 1.54) is 0 Å². The average molecular weight is 389 g/mol. The third kappa shape index (κ3) is 4.77. The van der Waals surface area contributed by atoms with Crippen LogP contribution in [0.2, 0.25) is 10.0 Å². The van der Waals surface area contributed by atoms with Crippen LogP contribution in [0.5, 0.6) is 5.75 Å². The maximum Gasteiger partial charge on any atom is 0.229 e. The molecular weight excluding hydrogens is 371 g/mol. The Bertz CT molecular complexity index is 901. The Kier molecular flexibility index (Phi) is 5.81. The number of methoxy groups -OCH3 is 1. The van der Waals surface area contributed by atoms with E-state index < -0.39 is 0 Å². The van der Waals surface area contributed by atoms with E-state index in [9.17, 15) is 0 Å². The molecule has 0 atom stereocenters. The van der Waals surface area contributed by atoms with Crippen LogP contribution in [-0.4, -0.2) is 17.1 Å². The largest absolute Gasteiger partial charge is 0.497 e. The summed E-state index contributed by atoms with van der Waals surface area (Å²) in [7, 11) is 1.65. The maximum absolute atomic E-state index is 6.05. The lowest BCUT2D eigenvalue weighted by atomic mass is 10.2. The van der Waals surface area contributed by atoms with Crippen LogP contribution in [0.15, 0.2) is 48.5 Å². The molecule has 1 aromatic heterocycles. The van der Waals surface area contributed by atoms with Crippen molar-refractivity contribution in [1.82, 2.24) is 9.97 Å². The summed E-state index contributed by atoms with van der Waals surface area (Å²) in [6.45, 7) is 2.56. The topological polar surface area (TPSA) is 59.1 Å². The minimum absolute atomic E-state index is 0.474. The van der Waals surface area contributed by atoms with Gasteiger partial charge in [-0.3, -0.25) is 0 Å². The van der Waals surface area contributed by atoms with Crippen LogP contribution in [0.3, 0.4) is 0 Å². The Balaban J connectivity index is 1.71. The third-order valence-electron chi connectivity index (χ3n) is 3.66. The molecule has 0 fully saturated rings. The Labute approximate surface area is 162 Å². The van der Waals surface area contributed by atoms with Crippen LogP contribution in [0.4, 0.5) is 17.5 Å². The molecule has 0 unspecified atom stereocenters. The third-order valence-corrected chi connectivity index (χ3v) is 4.40. The molecule has 2 N–H and O–H groups in total. The second-order valence-electron chi connectivity index (χ2n) is 5.67. The molecular formula is C19H18Cl2N4O. The Hall–Kier alpha value is -2.50. The summed E-state index contributed by atoms with van der Waals surface area (Å²) in [5, 5.41) is 7.43. The van der Waals surface area contributed by atoms with E-state index in [1.807, 2.05) is 43.3 Å². The van der Waals surface area contributed by atoms with Gasteiger partial charge in [-0.15, -0.1) is 0 Å². The number of hydrogen-bond acceptors (Lipinski definition) is 5.